The average Bonchev–Trinajstić information content (AvgIpc) is 2.69. The fourth-order valence-electron chi connectivity index (χ4n) is 3.18. The Bertz CT molecular complexity index is 680. The number of unbranched alkanes of at least 4 members (excludes halogenated alkanes) is 6. The van der Waals surface area contributed by atoms with E-state index in [4.69, 9.17) is 4.74 Å². The first-order valence-corrected chi connectivity index (χ1v) is 10.4. The number of hydrogen-bond acceptors (Lipinski definition) is 1. The maximum atomic E-state index is 14.5. The van der Waals surface area contributed by atoms with Gasteiger partial charge in [0, 0.05) is 5.56 Å². The van der Waals surface area contributed by atoms with Crippen LogP contribution in [0.5, 0.6) is 5.75 Å². The molecule has 0 bridgehead atoms. The minimum absolute atomic E-state index is 0.00271. The molecule has 3 heteroatoms. The van der Waals surface area contributed by atoms with Crippen LogP contribution >= 0.6 is 0 Å². The van der Waals surface area contributed by atoms with E-state index >= 15 is 0 Å². The molecule has 0 atom stereocenters. The molecule has 0 radical (unpaired) electrons. The Morgan fingerprint density at radius 1 is 0.704 bits per heavy atom. The van der Waals surface area contributed by atoms with Crippen molar-refractivity contribution in [2.45, 2.75) is 71.6 Å². The third-order valence-corrected chi connectivity index (χ3v) is 4.89. The van der Waals surface area contributed by atoms with Crippen LogP contribution < -0.4 is 4.74 Å². The number of ether oxygens (including phenoxy) is 1. The Kier molecular flexibility index (Phi) is 9.30. The van der Waals surface area contributed by atoms with E-state index in [1.54, 1.807) is 6.07 Å². The van der Waals surface area contributed by atoms with E-state index in [-0.39, 0.29) is 11.3 Å². The lowest BCUT2D eigenvalue weighted by Crippen LogP contribution is -2.01. The highest BCUT2D eigenvalue weighted by atomic mass is 19.2. The summed E-state index contributed by atoms with van der Waals surface area (Å²) in [6.07, 6.45) is 10.0. The van der Waals surface area contributed by atoms with Crippen LogP contribution in [0.3, 0.4) is 0 Å². The Balaban J connectivity index is 1.97. The third-order valence-electron chi connectivity index (χ3n) is 4.89. The number of rotatable bonds is 12. The van der Waals surface area contributed by atoms with Gasteiger partial charge in [-0.25, -0.2) is 4.39 Å². The zero-order chi connectivity index (χ0) is 19.5. The van der Waals surface area contributed by atoms with E-state index in [0.717, 1.165) is 32.1 Å². The van der Waals surface area contributed by atoms with Gasteiger partial charge in [-0.1, -0.05) is 76.6 Å². The van der Waals surface area contributed by atoms with Crippen molar-refractivity contribution in [3.63, 3.8) is 0 Å². The second-order valence-corrected chi connectivity index (χ2v) is 7.16. The van der Waals surface area contributed by atoms with Crippen molar-refractivity contribution in [1.29, 1.82) is 0 Å². The Morgan fingerprint density at radius 3 is 2.07 bits per heavy atom. The highest BCUT2D eigenvalue weighted by molar-refractivity contribution is 5.65. The molecule has 0 aromatic heterocycles. The summed E-state index contributed by atoms with van der Waals surface area (Å²) in [5, 5.41) is 0. The molecule has 2 aromatic carbocycles. The molecule has 0 aliphatic rings. The number of benzene rings is 2. The highest BCUT2D eigenvalue weighted by Gasteiger charge is 2.15. The summed E-state index contributed by atoms with van der Waals surface area (Å²) in [5.41, 5.74) is 2.20. The van der Waals surface area contributed by atoms with Crippen molar-refractivity contribution in [3.05, 3.63) is 53.6 Å². The second-order valence-electron chi connectivity index (χ2n) is 7.16. The Labute approximate surface area is 162 Å². The molecule has 27 heavy (non-hydrogen) atoms. The predicted molar refractivity (Wildman–Crippen MR) is 109 cm³/mol. The summed E-state index contributed by atoms with van der Waals surface area (Å²) < 4.78 is 34.3. The lowest BCUT2D eigenvalue weighted by molar-refractivity contribution is 0.285. The largest absolute Gasteiger partial charge is 0.490 e. The summed E-state index contributed by atoms with van der Waals surface area (Å²) >= 11 is 0. The monoisotopic (exact) mass is 374 g/mol. The van der Waals surface area contributed by atoms with E-state index in [9.17, 15) is 8.78 Å². The van der Waals surface area contributed by atoms with Gasteiger partial charge in [0.2, 0.25) is 5.82 Å². The molecular weight excluding hydrogens is 342 g/mol. The fourth-order valence-corrected chi connectivity index (χ4v) is 3.18. The van der Waals surface area contributed by atoms with Crippen LogP contribution in [0.2, 0.25) is 0 Å². The third kappa shape index (κ3) is 6.64. The van der Waals surface area contributed by atoms with Crippen molar-refractivity contribution in [3.8, 4) is 16.9 Å². The first kappa shape index (κ1) is 21.4. The maximum absolute atomic E-state index is 14.5. The van der Waals surface area contributed by atoms with Crippen molar-refractivity contribution >= 4 is 0 Å². The quantitative estimate of drug-likeness (QED) is 0.346. The minimum atomic E-state index is -0.895. The number of hydrogen-bond donors (Lipinski definition) is 0. The molecule has 0 aliphatic heterocycles. The van der Waals surface area contributed by atoms with Gasteiger partial charge in [-0.15, -0.1) is 0 Å². The first-order chi connectivity index (χ1) is 13.2. The minimum Gasteiger partial charge on any atom is -0.490 e. The molecule has 0 spiro atoms. The van der Waals surface area contributed by atoms with E-state index in [1.165, 1.54) is 37.3 Å². The summed E-state index contributed by atoms with van der Waals surface area (Å²) in [6, 6.07) is 10.9. The van der Waals surface area contributed by atoms with Crippen LogP contribution in [-0.2, 0) is 6.42 Å². The van der Waals surface area contributed by atoms with Crippen molar-refractivity contribution < 1.29 is 13.5 Å². The second kappa shape index (κ2) is 11.7. The summed E-state index contributed by atoms with van der Waals surface area (Å²) in [6.45, 7) is 4.77. The molecule has 0 fully saturated rings. The lowest BCUT2D eigenvalue weighted by atomic mass is 10.0. The number of aryl methyl sites for hydroxylation is 1. The zero-order valence-corrected chi connectivity index (χ0v) is 16.7. The number of halogens is 2. The van der Waals surface area contributed by atoms with Gasteiger partial charge in [-0.3, -0.25) is 0 Å². The summed E-state index contributed by atoms with van der Waals surface area (Å²) in [7, 11) is 0. The van der Waals surface area contributed by atoms with E-state index in [2.05, 4.69) is 13.8 Å². The lowest BCUT2D eigenvalue weighted by Gasteiger charge is -2.11. The van der Waals surface area contributed by atoms with Crippen LogP contribution in [0.1, 0.15) is 70.8 Å². The molecule has 0 heterocycles. The van der Waals surface area contributed by atoms with Crippen LogP contribution in [0.15, 0.2) is 36.4 Å². The summed E-state index contributed by atoms with van der Waals surface area (Å²) in [5.74, 6) is -1.73. The SMILES string of the molecule is CCCCCCCOc1ccc(-c2ccc(CCCCC)cc2)c(F)c1F. The average molecular weight is 375 g/mol. The maximum Gasteiger partial charge on any atom is 0.201 e. The fraction of sp³-hybridized carbons (Fsp3) is 0.500. The standard InChI is InChI=1S/C24H32F2O/c1-3-5-7-8-10-18-27-22-17-16-21(23(25)24(22)26)20-14-12-19(13-15-20)11-9-6-4-2/h12-17H,3-11,18H2,1-2H3. The van der Waals surface area contributed by atoms with Gasteiger partial charge in [-0.05, 0) is 42.5 Å². The topological polar surface area (TPSA) is 9.23 Å². The van der Waals surface area contributed by atoms with Gasteiger partial charge in [0.25, 0.3) is 0 Å². The molecule has 0 amide bonds. The van der Waals surface area contributed by atoms with E-state index in [1.807, 2.05) is 24.3 Å². The highest BCUT2D eigenvalue weighted by Crippen LogP contribution is 2.30. The normalized spacial score (nSPS) is 11.0. The van der Waals surface area contributed by atoms with Crippen LogP contribution in [-0.4, -0.2) is 6.61 Å². The van der Waals surface area contributed by atoms with Crippen LogP contribution in [0.25, 0.3) is 11.1 Å². The van der Waals surface area contributed by atoms with Gasteiger partial charge in [-0.2, -0.15) is 4.39 Å². The molecule has 0 N–H and O–H groups in total. The first-order valence-electron chi connectivity index (χ1n) is 10.4. The van der Waals surface area contributed by atoms with Crippen molar-refractivity contribution in [2.75, 3.05) is 6.61 Å². The Hall–Kier alpha value is -1.90. The van der Waals surface area contributed by atoms with Crippen LogP contribution in [0.4, 0.5) is 8.78 Å². The van der Waals surface area contributed by atoms with Gasteiger partial charge < -0.3 is 4.74 Å². The molecular formula is C24H32F2O. The van der Waals surface area contributed by atoms with Crippen molar-refractivity contribution in [1.82, 2.24) is 0 Å². The van der Waals surface area contributed by atoms with Crippen LogP contribution in [0, 0.1) is 11.6 Å². The molecule has 0 saturated carbocycles. The Morgan fingerprint density at radius 2 is 1.37 bits per heavy atom. The smallest absolute Gasteiger partial charge is 0.201 e. The van der Waals surface area contributed by atoms with Gasteiger partial charge in [0.15, 0.2) is 11.6 Å². The molecule has 1 nitrogen and oxygen atoms in total. The van der Waals surface area contributed by atoms with E-state index < -0.39 is 11.6 Å². The van der Waals surface area contributed by atoms with Gasteiger partial charge in [0.1, 0.15) is 0 Å². The van der Waals surface area contributed by atoms with Gasteiger partial charge >= 0.3 is 0 Å². The molecule has 0 unspecified atom stereocenters. The van der Waals surface area contributed by atoms with E-state index in [0.29, 0.717) is 12.2 Å². The molecule has 2 aromatic rings. The molecule has 148 valence electrons. The molecule has 2 rings (SSSR count). The molecule has 0 aliphatic carbocycles. The van der Waals surface area contributed by atoms with Gasteiger partial charge in [0.05, 0.1) is 6.61 Å². The summed E-state index contributed by atoms with van der Waals surface area (Å²) in [4.78, 5) is 0. The molecule has 0 saturated heterocycles. The van der Waals surface area contributed by atoms with Crippen molar-refractivity contribution in [2.24, 2.45) is 0 Å². The predicted octanol–water partition coefficient (Wildman–Crippen LogP) is 7.71. The zero-order valence-electron chi connectivity index (χ0n) is 16.7.